The molecule has 21 heavy (non-hydrogen) atoms. The summed E-state index contributed by atoms with van der Waals surface area (Å²) in [6.07, 6.45) is 0. The van der Waals surface area contributed by atoms with Crippen molar-refractivity contribution in [3.8, 4) is 5.75 Å². The summed E-state index contributed by atoms with van der Waals surface area (Å²) in [5.41, 5.74) is 0.887. The number of sulfonamides is 1. The van der Waals surface area contributed by atoms with Crippen LogP contribution in [0.4, 0.5) is 0 Å². The van der Waals surface area contributed by atoms with Crippen molar-refractivity contribution in [2.45, 2.75) is 11.8 Å². The van der Waals surface area contributed by atoms with Gasteiger partial charge in [-0.15, -0.1) is 0 Å². The Balaban J connectivity index is 1.99. The molecule has 0 saturated carbocycles. The fraction of sp³-hybridized carbons (Fsp3) is 0.571. The van der Waals surface area contributed by atoms with Crippen molar-refractivity contribution in [1.29, 1.82) is 0 Å². The van der Waals surface area contributed by atoms with Crippen molar-refractivity contribution in [2.75, 3.05) is 46.4 Å². The van der Waals surface area contributed by atoms with Gasteiger partial charge in [0.05, 0.1) is 7.11 Å². The minimum absolute atomic E-state index is 0.199. The number of methoxy groups -OCH3 is 1. The van der Waals surface area contributed by atoms with Gasteiger partial charge in [-0.3, -0.25) is 4.90 Å². The first-order valence-corrected chi connectivity index (χ1v) is 8.58. The topological polar surface area (TPSA) is 70.7 Å². The van der Waals surface area contributed by atoms with Crippen molar-refractivity contribution >= 4 is 10.0 Å². The molecule has 118 valence electrons. The Kier molecular flexibility index (Phi) is 5.58. The lowest BCUT2D eigenvalue weighted by Crippen LogP contribution is -2.46. The molecule has 0 aromatic heterocycles. The molecule has 6 nitrogen and oxygen atoms in total. The van der Waals surface area contributed by atoms with Crippen LogP contribution in [0.15, 0.2) is 23.1 Å². The zero-order valence-electron chi connectivity index (χ0n) is 12.6. The molecule has 1 heterocycles. The summed E-state index contributed by atoms with van der Waals surface area (Å²) in [7, 11) is -2.07. The van der Waals surface area contributed by atoms with Crippen LogP contribution in [0, 0.1) is 6.92 Å². The number of hydrogen-bond donors (Lipinski definition) is 2. The SMILES string of the molecule is COc1ccc(C)cc1S(=O)(=O)NCCN1CCNCC1. The lowest BCUT2D eigenvalue weighted by Gasteiger charge is -2.27. The third-order valence-electron chi connectivity index (χ3n) is 3.54. The molecule has 2 rings (SSSR count). The summed E-state index contributed by atoms with van der Waals surface area (Å²) in [5, 5.41) is 3.27. The molecule has 0 aliphatic carbocycles. The second kappa shape index (κ2) is 7.22. The maximum absolute atomic E-state index is 12.4. The third kappa shape index (κ3) is 4.41. The van der Waals surface area contributed by atoms with Crippen molar-refractivity contribution in [3.05, 3.63) is 23.8 Å². The van der Waals surface area contributed by atoms with Gasteiger partial charge in [0.25, 0.3) is 0 Å². The van der Waals surface area contributed by atoms with Crippen LogP contribution >= 0.6 is 0 Å². The Bertz CT molecular complexity index is 569. The van der Waals surface area contributed by atoms with Crippen molar-refractivity contribution in [2.24, 2.45) is 0 Å². The highest BCUT2D eigenvalue weighted by molar-refractivity contribution is 7.89. The number of hydrogen-bond acceptors (Lipinski definition) is 5. The van der Waals surface area contributed by atoms with Gasteiger partial charge in [0.1, 0.15) is 10.6 Å². The highest BCUT2D eigenvalue weighted by atomic mass is 32.2. The lowest BCUT2D eigenvalue weighted by atomic mass is 10.2. The number of nitrogens with zero attached hydrogens (tertiary/aromatic N) is 1. The van der Waals surface area contributed by atoms with Gasteiger partial charge in [0.15, 0.2) is 0 Å². The Morgan fingerprint density at radius 2 is 2.05 bits per heavy atom. The molecule has 2 N–H and O–H groups in total. The summed E-state index contributed by atoms with van der Waals surface area (Å²) >= 11 is 0. The van der Waals surface area contributed by atoms with Crippen LogP contribution < -0.4 is 14.8 Å². The number of aryl methyl sites for hydroxylation is 1. The standard InChI is InChI=1S/C14H23N3O3S/c1-12-3-4-13(20-2)14(11-12)21(18,19)16-7-10-17-8-5-15-6-9-17/h3-4,11,15-16H,5-10H2,1-2H3. The highest BCUT2D eigenvalue weighted by Crippen LogP contribution is 2.24. The molecule has 1 saturated heterocycles. The number of benzene rings is 1. The van der Waals surface area contributed by atoms with E-state index in [0.29, 0.717) is 12.3 Å². The van der Waals surface area contributed by atoms with Gasteiger partial charge in [0, 0.05) is 39.3 Å². The Morgan fingerprint density at radius 3 is 2.71 bits per heavy atom. The van der Waals surface area contributed by atoms with Gasteiger partial charge in [-0.2, -0.15) is 0 Å². The highest BCUT2D eigenvalue weighted by Gasteiger charge is 2.19. The van der Waals surface area contributed by atoms with Crippen LogP contribution in [-0.2, 0) is 10.0 Å². The lowest BCUT2D eigenvalue weighted by molar-refractivity contribution is 0.245. The first-order valence-electron chi connectivity index (χ1n) is 7.10. The van der Waals surface area contributed by atoms with E-state index in [2.05, 4.69) is 14.9 Å². The minimum Gasteiger partial charge on any atom is -0.495 e. The molecule has 1 aromatic rings. The first-order chi connectivity index (χ1) is 10.0. The minimum atomic E-state index is -3.54. The average molecular weight is 313 g/mol. The van der Waals surface area contributed by atoms with Gasteiger partial charge in [-0.05, 0) is 24.6 Å². The van der Waals surface area contributed by atoms with E-state index >= 15 is 0 Å². The average Bonchev–Trinajstić information content (AvgIpc) is 2.48. The van der Waals surface area contributed by atoms with E-state index in [1.807, 2.05) is 13.0 Å². The molecular weight excluding hydrogens is 290 g/mol. The van der Waals surface area contributed by atoms with E-state index in [0.717, 1.165) is 38.3 Å². The smallest absolute Gasteiger partial charge is 0.244 e. The second-order valence-electron chi connectivity index (χ2n) is 5.14. The van der Waals surface area contributed by atoms with Gasteiger partial charge in [-0.25, -0.2) is 13.1 Å². The molecule has 0 spiro atoms. The number of nitrogens with one attached hydrogen (secondary N) is 2. The molecule has 0 atom stereocenters. The summed E-state index contributed by atoms with van der Waals surface area (Å²) < 4.78 is 32.6. The summed E-state index contributed by atoms with van der Waals surface area (Å²) in [6, 6.07) is 5.14. The van der Waals surface area contributed by atoms with Crippen LogP contribution in [-0.4, -0.2) is 59.7 Å². The van der Waals surface area contributed by atoms with Gasteiger partial charge < -0.3 is 10.1 Å². The zero-order chi connectivity index (χ0) is 15.3. The molecule has 0 unspecified atom stereocenters. The van der Waals surface area contributed by atoms with Crippen molar-refractivity contribution in [3.63, 3.8) is 0 Å². The zero-order valence-corrected chi connectivity index (χ0v) is 13.4. The number of rotatable bonds is 6. The Morgan fingerprint density at radius 1 is 1.33 bits per heavy atom. The van der Waals surface area contributed by atoms with Crippen LogP contribution in [0.5, 0.6) is 5.75 Å². The van der Waals surface area contributed by atoms with Crippen molar-refractivity contribution in [1.82, 2.24) is 14.9 Å². The van der Waals surface area contributed by atoms with E-state index in [1.165, 1.54) is 7.11 Å². The Hall–Kier alpha value is -1.15. The largest absolute Gasteiger partial charge is 0.495 e. The van der Waals surface area contributed by atoms with Gasteiger partial charge >= 0.3 is 0 Å². The van der Waals surface area contributed by atoms with Crippen LogP contribution in [0.3, 0.4) is 0 Å². The van der Waals surface area contributed by atoms with E-state index in [9.17, 15) is 8.42 Å². The molecule has 0 amide bonds. The monoisotopic (exact) mass is 313 g/mol. The van der Waals surface area contributed by atoms with Crippen molar-refractivity contribution < 1.29 is 13.2 Å². The molecule has 0 bridgehead atoms. The third-order valence-corrected chi connectivity index (χ3v) is 5.02. The van der Waals surface area contributed by atoms with E-state index < -0.39 is 10.0 Å². The molecule has 7 heteroatoms. The van der Waals surface area contributed by atoms with Gasteiger partial charge in [0.2, 0.25) is 10.0 Å². The predicted octanol–water partition coefficient (Wildman–Crippen LogP) is 0.187. The van der Waals surface area contributed by atoms with Gasteiger partial charge in [-0.1, -0.05) is 6.07 Å². The molecule has 1 aliphatic heterocycles. The van der Waals surface area contributed by atoms with E-state index in [-0.39, 0.29) is 4.90 Å². The van der Waals surface area contributed by atoms with E-state index in [1.54, 1.807) is 12.1 Å². The molecular formula is C14H23N3O3S. The van der Waals surface area contributed by atoms with E-state index in [4.69, 9.17) is 4.74 Å². The maximum atomic E-state index is 12.4. The predicted molar refractivity (Wildman–Crippen MR) is 82.2 cm³/mol. The van der Waals surface area contributed by atoms with Crippen LogP contribution in [0.2, 0.25) is 0 Å². The van der Waals surface area contributed by atoms with Crippen LogP contribution in [0.25, 0.3) is 0 Å². The number of piperazine rings is 1. The molecule has 1 aromatic carbocycles. The number of ether oxygens (including phenoxy) is 1. The molecule has 1 fully saturated rings. The maximum Gasteiger partial charge on any atom is 0.244 e. The second-order valence-corrected chi connectivity index (χ2v) is 6.88. The molecule has 0 radical (unpaired) electrons. The summed E-state index contributed by atoms with van der Waals surface area (Å²) in [5.74, 6) is 0.371. The quantitative estimate of drug-likeness (QED) is 0.784. The summed E-state index contributed by atoms with van der Waals surface area (Å²) in [6.45, 7) is 6.80. The normalized spacial score (nSPS) is 16.9. The summed E-state index contributed by atoms with van der Waals surface area (Å²) in [4.78, 5) is 2.44. The Labute approximate surface area is 126 Å². The fourth-order valence-electron chi connectivity index (χ4n) is 2.34. The first kappa shape index (κ1) is 16.2. The fourth-order valence-corrected chi connectivity index (χ4v) is 3.62. The van der Waals surface area contributed by atoms with Crippen LogP contribution in [0.1, 0.15) is 5.56 Å². The molecule has 1 aliphatic rings.